The minimum Gasteiger partial charge on any atom is -0.265 e. The lowest BCUT2D eigenvalue weighted by Gasteiger charge is -2.02. The Labute approximate surface area is 138 Å². The average Bonchev–Trinajstić information content (AvgIpc) is 2.86. The highest BCUT2D eigenvalue weighted by molar-refractivity contribution is 6.54. The highest BCUT2D eigenvalue weighted by atomic mass is 16.6. The van der Waals surface area contributed by atoms with E-state index in [1.165, 1.54) is 12.1 Å². The molecule has 0 saturated heterocycles. The van der Waals surface area contributed by atoms with E-state index in [4.69, 9.17) is 0 Å². The number of nitrogens with zero attached hydrogens (tertiary/aromatic N) is 5. The Kier molecular flexibility index (Phi) is 3.73. The van der Waals surface area contributed by atoms with Gasteiger partial charge in [-0.3, -0.25) is 25.0 Å². The number of nitro benzene ring substituents is 2. The number of para-hydroxylation sites is 1. The average molecular weight is 341 g/mol. The second-order valence-electron chi connectivity index (χ2n) is 4.86. The van der Waals surface area contributed by atoms with Gasteiger partial charge in [0.15, 0.2) is 0 Å². The molecule has 1 amide bonds. The van der Waals surface area contributed by atoms with Crippen molar-refractivity contribution in [2.75, 3.05) is 5.01 Å². The van der Waals surface area contributed by atoms with Crippen LogP contribution in [0.5, 0.6) is 0 Å². The van der Waals surface area contributed by atoms with Crippen LogP contribution >= 0.6 is 0 Å². The third kappa shape index (κ3) is 2.59. The van der Waals surface area contributed by atoms with Crippen molar-refractivity contribution in [1.29, 1.82) is 0 Å². The number of rotatable bonds is 4. The van der Waals surface area contributed by atoms with Crippen molar-refractivity contribution in [3.8, 4) is 0 Å². The van der Waals surface area contributed by atoms with Crippen molar-refractivity contribution in [2.45, 2.75) is 0 Å². The molecule has 0 aliphatic carbocycles. The molecule has 0 atom stereocenters. The van der Waals surface area contributed by atoms with Crippen molar-refractivity contribution in [3.63, 3.8) is 0 Å². The van der Waals surface area contributed by atoms with Crippen LogP contribution in [0.15, 0.2) is 52.7 Å². The van der Waals surface area contributed by atoms with Gasteiger partial charge in [0, 0.05) is 11.6 Å². The van der Waals surface area contributed by atoms with Gasteiger partial charge in [0.1, 0.15) is 11.4 Å². The summed E-state index contributed by atoms with van der Waals surface area (Å²) in [5.41, 5.74) is -1.10. The quantitative estimate of drug-likeness (QED) is 0.474. The number of hydrogen-bond donors (Lipinski definition) is 0. The maximum atomic E-state index is 12.3. The Bertz CT molecular complexity index is 970. The van der Waals surface area contributed by atoms with Gasteiger partial charge in [0.05, 0.1) is 26.9 Å². The summed E-state index contributed by atoms with van der Waals surface area (Å²) in [4.78, 5) is 47.4. The van der Waals surface area contributed by atoms with E-state index in [1.54, 1.807) is 12.1 Å². The molecule has 0 aromatic heterocycles. The number of hydrogen-bond acceptors (Lipinski definition) is 8. The summed E-state index contributed by atoms with van der Waals surface area (Å²) in [6.45, 7) is 0. The maximum absolute atomic E-state index is 12.3. The van der Waals surface area contributed by atoms with Crippen molar-refractivity contribution in [3.05, 3.63) is 73.2 Å². The molecule has 0 radical (unpaired) electrons. The van der Waals surface area contributed by atoms with E-state index >= 15 is 0 Å². The Balaban J connectivity index is 2.19. The van der Waals surface area contributed by atoms with Gasteiger partial charge in [-0.25, -0.2) is 4.99 Å². The van der Waals surface area contributed by atoms with E-state index in [0.29, 0.717) is 5.01 Å². The van der Waals surface area contributed by atoms with Crippen LogP contribution in [0, 0.1) is 25.1 Å². The first kappa shape index (κ1) is 15.9. The lowest BCUT2D eigenvalue weighted by Crippen LogP contribution is -2.24. The Morgan fingerprint density at radius 2 is 1.72 bits per heavy atom. The molecule has 11 nitrogen and oxygen atoms in total. The van der Waals surface area contributed by atoms with Crippen LogP contribution in [-0.2, 0) is 4.79 Å². The fourth-order valence-corrected chi connectivity index (χ4v) is 2.36. The predicted molar refractivity (Wildman–Crippen MR) is 85.7 cm³/mol. The monoisotopic (exact) mass is 341 g/mol. The normalized spacial score (nSPS) is 14.5. The fraction of sp³-hybridized carbons (Fsp3) is 0. The molecular weight excluding hydrogens is 334 g/mol. The second-order valence-corrected chi connectivity index (χ2v) is 4.86. The zero-order chi connectivity index (χ0) is 18.1. The van der Waals surface area contributed by atoms with E-state index in [2.05, 4.69) is 10.3 Å². The maximum Gasteiger partial charge on any atom is 0.301 e. The van der Waals surface area contributed by atoms with Crippen LogP contribution in [0.2, 0.25) is 0 Å². The molecule has 2 aromatic rings. The third-order valence-electron chi connectivity index (χ3n) is 3.46. The summed E-state index contributed by atoms with van der Waals surface area (Å²) < 4.78 is 0. The number of nitroso groups, excluding NO2 is 1. The first-order valence-corrected chi connectivity index (χ1v) is 6.72. The number of aliphatic imine (C=N–C) groups is 1. The fourth-order valence-electron chi connectivity index (χ4n) is 2.36. The Hall–Kier alpha value is -4.02. The van der Waals surface area contributed by atoms with Gasteiger partial charge in [-0.05, 0) is 12.1 Å². The van der Waals surface area contributed by atoms with E-state index in [-0.39, 0.29) is 22.6 Å². The summed E-state index contributed by atoms with van der Waals surface area (Å²) in [6.07, 6.45) is 0. The molecule has 3 rings (SSSR count). The zero-order valence-electron chi connectivity index (χ0n) is 12.2. The van der Waals surface area contributed by atoms with Gasteiger partial charge >= 0.3 is 11.6 Å². The van der Waals surface area contributed by atoms with Gasteiger partial charge < -0.3 is 0 Å². The third-order valence-corrected chi connectivity index (χ3v) is 3.46. The number of carbonyl (C=O) groups excluding carboxylic acids is 1. The van der Waals surface area contributed by atoms with Gasteiger partial charge in [-0.1, -0.05) is 18.2 Å². The molecule has 0 bridgehead atoms. The number of benzene rings is 2. The van der Waals surface area contributed by atoms with Gasteiger partial charge in [-0.2, -0.15) is 5.01 Å². The first-order valence-electron chi connectivity index (χ1n) is 6.72. The van der Waals surface area contributed by atoms with Crippen LogP contribution in [0.3, 0.4) is 0 Å². The van der Waals surface area contributed by atoms with E-state index in [1.807, 2.05) is 0 Å². The lowest BCUT2D eigenvalue weighted by molar-refractivity contribution is -0.393. The van der Waals surface area contributed by atoms with Crippen molar-refractivity contribution >= 4 is 34.4 Å². The molecule has 11 heteroatoms. The molecule has 1 aliphatic rings. The highest BCUT2D eigenvalue weighted by Crippen LogP contribution is 2.35. The molecule has 124 valence electrons. The Morgan fingerprint density at radius 3 is 2.36 bits per heavy atom. The molecule has 25 heavy (non-hydrogen) atoms. The molecule has 0 N–H and O–H groups in total. The molecule has 1 aliphatic heterocycles. The van der Waals surface area contributed by atoms with Crippen LogP contribution in [0.4, 0.5) is 22.7 Å². The molecule has 0 unspecified atom stereocenters. The van der Waals surface area contributed by atoms with Crippen molar-refractivity contribution in [2.24, 2.45) is 10.3 Å². The van der Waals surface area contributed by atoms with Gasteiger partial charge in [0.25, 0.3) is 5.69 Å². The summed E-state index contributed by atoms with van der Waals surface area (Å²) in [7, 11) is 0. The zero-order valence-corrected chi connectivity index (χ0v) is 12.2. The smallest absolute Gasteiger partial charge is 0.265 e. The van der Waals surface area contributed by atoms with Crippen LogP contribution in [-0.4, -0.2) is 21.5 Å². The Morgan fingerprint density at radius 1 is 1.00 bits per heavy atom. The van der Waals surface area contributed by atoms with E-state index in [9.17, 15) is 29.9 Å². The number of non-ortho nitro benzene ring substituents is 1. The summed E-state index contributed by atoms with van der Waals surface area (Å²) in [5.74, 6) is -0.844. The minimum atomic E-state index is -0.844. The van der Waals surface area contributed by atoms with Gasteiger partial charge in [-0.15, -0.1) is 4.91 Å². The molecular formula is C14H7N5O6. The summed E-state index contributed by atoms with van der Waals surface area (Å²) in [5, 5.41) is 25.2. The second kappa shape index (κ2) is 5.88. The number of anilines is 1. The molecule has 0 saturated carbocycles. The van der Waals surface area contributed by atoms with Crippen LogP contribution in [0.25, 0.3) is 0 Å². The van der Waals surface area contributed by atoms with Crippen molar-refractivity contribution in [1.82, 2.24) is 0 Å². The number of amides is 1. The number of carbonyl (C=O) groups is 1. The largest absolute Gasteiger partial charge is 0.301 e. The SMILES string of the molecule is O=NN1C(=O)C(=Nc2ccc([N+](=O)[O-])cc2[N+](=O)[O-])c2ccccc21. The standard InChI is InChI=1S/C14H7N5O6/c20-14-13(9-3-1-2-4-11(9)17(14)16-21)15-10-6-5-8(18(22)23)7-12(10)19(24)25/h1-7H. The molecule has 1 heterocycles. The topological polar surface area (TPSA) is 148 Å². The van der Waals surface area contributed by atoms with Crippen LogP contribution in [0.1, 0.15) is 5.56 Å². The van der Waals surface area contributed by atoms with E-state index in [0.717, 1.165) is 18.2 Å². The van der Waals surface area contributed by atoms with Crippen LogP contribution < -0.4 is 5.01 Å². The molecule has 2 aromatic carbocycles. The van der Waals surface area contributed by atoms with Crippen molar-refractivity contribution < 1.29 is 14.6 Å². The first-order chi connectivity index (χ1) is 11.9. The minimum absolute atomic E-state index is 0.200. The number of fused-ring (bicyclic) bond motifs is 1. The van der Waals surface area contributed by atoms with E-state index < -0.39 is 27.1 Å². The summed E-state index contributed by atoms with van der Waals surface area (Å²) in [6, 6.07) is 9.02. The molecule has 0 spiro atoms. The highest BCUT2D eigenvalue weighted by Gasteiger charge is 2.35. The lowest BCUT2D eigenvalue weighted by atomic mass is 10.1. The van der Waals surface area contributed by atoms with Gasteiger partial charge in [0.2, 0.25) is 0 Å². The summed E-state index contributed by atoms with van der Waals surface area (Å²) >= 11 is 0. The number of nitro groups is 2. The predicted octanol–water partition coefficient (Wildman–Crippen LogP) is 2.65. The molecule has 0 fully saturated rings.